The summed E-state index contributed by atoms with van der Waals surface area (Å²) in [5, 5.41) is 8.74. The van der Waals surface area contributed by atoms with Crippen LogP contribution in [0.25, 0.3) is 5.57 Å². The highest BCUT2D eigenvalue weighted by Gasteiger charge is 2.01. The standard InChI is InChI=1S/C21H23NO2/c1-5-6-7-11-17(3)20-14-9-13-19(22-20)15-16(2)10-8-12-18(4)21(23)24/h5-14H,3-4,15H2,1-2H3,(H,23,24)/b6-5-,11-7-,12-8-,16-10+. The number of allylic oxidation sites excluding steroid dienone is 8. The van der Waals surface area contributed by atoms with Crippen molar-refractivity contribution in [1.29, 1.82) is 0 Å². The highest BCUT2D eigenvalue weighted by molar-refractivity contribution is 5.89. The fourth-order valence-corrected chi connectivity index (χ4v) is 1.87. The highest BCUT2D eigenvalue weighted by Crippen LogP contribution is 2.14. The summed E-state index contributed by atoms with van der Waals surface area (Å²) in [7, 11) is 0. The predicted molar refractivity (Wildman–Crippen MR) is 101 cm³/mol. The van der Waals surface area contributed by atoms with Crippen LogP contribution in [-0.2, 0) is 11.2 Å². The summed E-state index contributed by atoms with van der Waals surface area (Å²) in [5.41, 5.74) is 3.77. The molecular formula is C21H23NO2. The van der Waals surface area contributed by atoms with Crippen molar-refractivity contribution in [2.75, 3.05) is 0 Å². The van der Waals surface area contributed by atoms with Gasteiger partial charge in [-0.25, -0.2) is 4.79 Å². The van der Waals surface area contributed by atoms with Crippen LogP contribution in [0.3, 0.4) is 0 Å². The number of hydrogen-bond acceptors (Lipinski definition) is 2. The molecule has 24 heavy (non-hydrogen) atoms. The van der Waals surface area contributed by atoms with Gasteiger partial charge in [-0.1, -0.05) is 61.3 Å². The molecule has 0 atom stereocenters. The molecule has 0 fully saturated rings. The molecule has 0 saturated carbocycles. The molecule has 1 heterocycles. The molecule has 0 spiro atoms. The molecule has 3 nitrogen and oxygen atoms in total. The smallest absolute Gasteiger partial charge is 0.335 e. The van der Waals surface area contributed by atoms with E-state index in [9.17, 15) is 4.79 Å². The van der Waals surface area contributed by atoms with E-state index in [4.69, 9.17) is 5.11 Å². The lowest BCUT2D eigenvalue weighted by Crippen LogP contribution is -1.95. The number of hydrogen-bond donors (Lipinski definition) is 1. The van der Waals surface area contributed by atoms with Crippen LogP contribution in [0.5, 0.6) is 0 Å². The monoisotopic (exact) mass is 321 g/mol. The molecule has 1 aromatic rings. The van der Waals surface area contributed by atoms with Crippen molar-refractivity contribution in [3.05, 3.63) is 96.4 Å². The Kier molecular flexibility index (Phi) is 7.92. The van der Waals surface area contributed by atoms with Crippen molar-refractivity contribution in [1.82, 2.24) is 4.98 Å². The zero-order valence-corrected chi connectivity index (χ0v) is 14.2. The number of carboxylic acid groups (broad SMARTS) is 1. The Morgan fingerprint density at radius 1 is 1.21 bits per heavy atom. The van der Waals surface area contributed by atoms with Crippen molar-refractivity contribution >= 4 is 11.5 Å². The average Bonchev–Trinajstić information content (AvgIpc) is 2.55. The van der Waals surface area contributed by atoms with Crippen LogP contribution in [0.1, 0.15) is 25.2 Å². The number of rotatable bonds is 8. The topological polar surface area (TPSA) is 50.2 Å². The lowest BCUT2D eigenvalue weighted by Gasteiger charge is -2.04. The number of aliphatic carboxylic acids is 1. The minimum atomic E-state index is -1.02. The van der Waals surface area contributed by atoms with Gasteiger partial charge in [-0.15, -0.1) is 0 Å². The van der Waals surface area contributed by atoms with Crippen molar-refractivity contribution < 1.29 is 9.90 Å². The third kappa shape index (κ3) is 6.88. The van der Waals surface area contributed by atoms with E-state index in [-0.39, 0.29) is 5.57 Å². The molecule has 0 radical (unpaired) electrons. The van der Waals surface area contributed by atoms with E-state index in [1.807, 2.05) is 62.4 Å². The summed E-state index contributed by atoms with van der Waals surface area (Å²) in [5.74, 6) is -1.02. The van der Waals surface area contributed by atoms with Crippen LogP contribution in [0.15, 0.2) is 85.0 Å². The first-order chi connectivity index (χ1) is 11.4. The lowest BCUT2D eigenvalue weighted by atomic mass is 10.1. The first kappa shape index (κ1) is 19.1. The minimum Gasteiger partial charge on any atom is -0.478 e. The van der Waals surface area contributed by atoms with Gasteiger partial charge in [-0.3, -0.25) is 4.98 Å². The van der Waals surface area contributed by atoms with Gasteiger partial charge in [0.15, 0.2) is 0 Å². The molecule has 0 aliphatic rings. The van der Waals surface area contributed by atoms with E-state index < -0.39 is 5.97 Å². The molecule has 0 amide bonds. The molecule has 1 aromatic heterocycles. The number of nitrogens with zero attached hydrogens (tertiary/aromatic N) is 1. The predicted octanol–water partition coefficient (Wildman–Crippen LogP) is 4.91. The van der Waals surface area contributed by atoms with Gasteiger partial charge >= 0.3 is 5.97 Å². The minimum absolute atomic E-state index is 0.0587. The molecule has 1 N–H and O–H groups in total. The molecule has 0 bridgehead atoms. The third-order valence-electron chi connectivity index (χ3n) is 3.15. The number of carboxylic acids is 1. The molecule has 0 unspecified atom stereocenters. The number of carbonyl (C=O) groups is 1. The molecular weight excluding hydrogens is 298 g/mol. The Balaban J connectivity index is 2.78. The second-order valence-corrected chi connectivity index (χ2v) is 5.30. The van der Waals surface area contributed by atoms with Crippen molar-refractivity contribution in [2.45, 2.75) is 20.3 Å². The summed E-state index contributed by atoms with van der Waals surface area (Å²) >= 11 is 0. The van der Waals surface area contributed by atoms with E-state index in [0.29, 0.717) is 6.42 Å². The quantitative estimate of drug-likeness (QED) is 0.546. The van der Waals surface area contributed by atoms with Gasteiger partial charge in [-0.2, -0.15) is 0 Å². The Labute approximate surface area is 143 Å². The summed E-state index contributed by atoms with van der Waals surface area (Å²) in [6, 6.07) is 5.85. The van der Waals surface area contributed by atoms with Gasteiger partial charge in [0.05, 0.1) is 11.3 Å². The second-order valence-electron chi connectivity index (χ2n) is 5.30. The van der Waals surface area contributed by atoms with Gasteiger partial charge in [0, 0.05) is 12.1 Å². The van der Waals surface area contributed by atoms with Gasteiger partial charge in [0.1, 0.15) is 0 Å². The molecule has 0 aliphatic heterocycles. The first-order valence-electron chi connectivity index (χ1n) is 7.64. The Morgan fingerprint density at radius 2 is 1.96 bits per heavy atom. The second kappa shape index (κ2) is 9.95. The summed E-state index contributed by atoms with van der Waals surface area (Å²) in [4.78, 5) is 15.3. The number of aromatic nitrogens is 1. The Bertz CT molecular complexity index is 734. The van der Waals surface area contributed by atoms with Crippen molar-refractivity contribution in [3.63, 3.8) is 0 Å². The highest BCUT2D eigenvalue weighted by atomic mass is 16.4. The molecule has 3 heteroatoms. The van der Waals surface area contributed by atoms with E-state index in [1.165, 1.54) is 6.08 Å². The molecule has 0 aromatic carbocycles. The van der Waals surface area contributed by atoms with E-state index >= 15 is 0 Å². The normalized spacial score (nSPS) is 12.3. The van der Waals surface area contributed by atoms with Gasteiger partial charge < -0.3 is 5.11 Å². The SMILES string of the molecule is C=C(/C=C\C=C(/C)Cc1cccc(C(=C)/C=C\C=C/C)n1)C(=O)O. The zero-order valence-electron chi connectivity index (χ0n) is 14.2. The summed E-state index contributed by atoms with van der Waals surface area (Å²) in [6.45, 7) is 11.4. The average molecular weight is 321 g/mol. The lowest BCUT2D eigenvalue weighted by molar-refractivity contribution is -0.132. The number of pyridine rings is 1. The van der Waals surface area contributed by atoms with Crippen LogP contribution in [0, 0.1) is 0 Å². The molecule has 0 saturated heterocycles. The van der Waals surface area contributed by atoms with Crippen LogP contribution in [0.2, 0.25) is 0 Å². The largest absolute Gasteiger partial charge is 0.478 e. The fourth-order valence-electron chi connectivity index (χ4n) is 1.87. The molecule has 124 valence electrons. The summed E-state index contributed by atoms with van der Waals surface area (Å²) in [6.07, 6.45) is 13.5. The van der Waals surface area contributed by atoms with E-state index in [1.54, 1.807) is 6.08 Å². The van der Waals surface area contributed by atoms with Crippen LogP contribution < -0.4 is 0 Å². The van der Waals surface area contributed by atoms with Gasteiger partial charge in [0.25, 0.3) is 0 Å². The molecule has 1 rings (SSSR count). The van der Waals surface area contributed by atoms with Crippen LogP contribution in [-0.4, -0.2) is 16.1 Å². The van der Waals surface area contributed by atoms with Crippen molar-refractivity contribution in [2.24, 2.45) is 0 Å². The Morgan fingerprint density at radius 3 is 2.62 bits per heavy atom. The Hall–Kier alpha value is -2.94. The van der Waals surface area contributed by atoms with Crippen molar-refractivity contribution in [3.8, 4) is 0 Å². The van der Waals surface area contributed by atoms with Crippen LogP contribution >= 0.6 is 0 Å². The first-order valence-corrected chi connectivity index (χ1v) is 7.64. The van der Waals surface area contributed by atoms with Crippen LogP contribution in [0.4, 0.5) is 0 Å². The molecule has 0 aliphatic carbocycles. The van der Waals surface area contributed by atoms with E-state index in [0.717, 1.165) is 22.5 Å². The maximum absolute atomic E-state index is 10.7. The maximum atomic E-state index is 10.7. The van der Waals surface area contributed by atoms with E-state index in [2.05, 4.69) is 18.1 Å². The summed E-state index contributed by atoms with van der Waals surface area (Å²) < 4.78 is 0. The van der Waals surface area contributed by atoms with Gasteiger partial charge in [-0.05, 0) is 37.6 Å². The third-order valence-corrected chi connectivity index (χ3v) is 3.15. The fraction of sp³-hybridized carbons (Fsp3) is 0.143. The zero-order chi connectivity index (χ0) is 17.9. The van der Waals surface area contributed by atoms with Gasteiger partial charge in [0.2, 0.25) is 0 Å². The maximum Gasteiger partial charge on any atom is 0.335 e.